The molecule has 18 heavy (non-hydrogen) atoms. The Hall–Kier alpha value is 0.230. The van der Waals surface area contributed by atoms with Crippen LogP contribution in [0.3, 0.4) is 0 Å². The van der Waals surface area contributed by atoms with Crippen molar-refractivity contribution in [3.8, 4) is 0 Å². The zero-order valence-electron chi connectivity index (χ0n) is 12.0. The molecule has 1 aliphatic heterocycles. The zero-order chi connectivity index (χ0) is 13.4. The smallest absolute Gasteiger partial charge is 0.200 e. The number of rotatable bonds is 7. The summed E-state index contributed by atoms with van der Waals surface area (Å²) < 4.78 is 12.4. The summed E-state index contributed by atoms with van der Waals surface area (Å²) >= 11 is 2.28. The van der Waals surface area contributed by atoms with Crippen LogP contribution in [0, 0.1) is 5.41 Å². The van der Waals surface area contributed by atoms with Gasteiger partial charge in [0.25, 0.3) is 0 Å². The topological polar surface area (TPSA) is 18.5 Å². The minimum atomic E-state index is -0.00875. The lowest BCUT2D eigenvalue weighted by molar-refractivity contribution is -0.131. The van der Waals surface area contributed by atoms with Crippen LogP contribution in [0.2, 0.25) is 0 Å². The molecular weight excluding hydrogens is 339 g/mol. The van der Waals surface area contributed by atoms with Crippen LogP contribution in [-0.4, -0.2) is 12.9 Å². The molecule has 0 aliphatic carbocycles. The van der Waals surface area contributed by atoms with Gasteiger partial charge >= 0.3 is 0 Å². The van der Waals surface area contributed by atoms with E-state index in [1.807, 2.05) is 0 Å². The first-order valence-electron chi connectivity index (χ1n) is 7.17. The molecule has 0 spiro atoms. The monoisotopic (exact) mass is 366 g/mol. The van der Waals surface area contributed by atoms with E-state index in [0.717, 1.165) is 23.2 Å². The summed E-state index contributed by atoms with van der Waals surface area (Å²) in [7, 11) is 0. The van der Waals surface area contributed by atoms with E-state index in [9.17, 15) is 0 Å². The standard InChI is InChI=1S/C15H27IO2/c1-4-10-15(2,3)11-7-8-13(16)18-14-9-5-6-12-17-14/h8,14H,4-7,9-12H2,1-3H3. The third-order valence-electron chi connectivity index (χ3n) is 3.43. The molecule has 3 heteroatoms. The molecule has 0 aromatic heterocycles. The maximum atomic E-state index is 5.79. The highest BCUT2D eigenvalue weighted by Gasteiger charge is 2.17. The van der Waals surface area contributed by atoms with Crippen molar-refractivity contribution in [1.29, 1.82) is 0 Å². The molecular formula is C15H27IO2. The van der Waals surface area contributed by atoms with Crippen molar-refractivity contribution in [2.24, 2.45) is 5.41 Å². The molecule has 0 radical (unpaired) electrons. The lowest BCUT2D eigenvalue weighted by Gasteiger charge is -2.24. The maximum absolute atomic E-state index is 5.79. The number of halogens is 1. The van der Waals surface area contributed by atoms with E-state index in [0.29, 0.717) is 5.41 Å². The van der Waals surface area contributed by atoms with E-state index in [2.05, 4.69) is 49.4 Å². The normalized spacial score (nSPS) is 22.0. The van der Waals surface area contributed by atoms with Crippen molar-refractivity contribution in [3.63, 3.8) is 0 Å². The quantitative estimate of drug-likeness (QED) is 0.443. The highest BCUT2D eigenvalue weighted by atomic mass is 127. The van der Waals surface area contributed by atoms with Crippen molar-refractivity contribution in [2.75, 3.05) is 6.61 Å². The second-order valence-corrected chi connectivity index (χ2v) is 6.94. The summed E-state index contributed by atoms with van der Waals surface area (Å²) in [5, 5.41) is 0. The van der Waals surface area contributed by atoms with Crippen LogP contribution >= 0.6 is 22.6 Å². The first-order valence-corrected chi connectivity index (χ1v) is 8.25. The molecule has 1 rings (SSSR count). The molecule has 0 aromatic carbocycles. The maximum Gasteiger partial charge on any atom is 0.200 e. The van der Waals surface area contributed by atoms with Crippen LogP contribution in [0.1, 0.15) is 65.7 Å². The molecule has 1 aliphatic rings. The van der Waals surface area contributed by atoms with Gasteiger partial charge < -0.3 is 9.47 Å². The van der Waals surface area contributed by atoms with Crippen LogP contribution in [-0.2, 0) is 9.47 Å². The van der Waals surface area contributed by atoms with Crippen LogP contribution < -0.4 is 0 Å². The molecule has 0 bridgehead atoms. The summed E-state index contributed by atoms with van der Waals surface area (Å²) in [5.41, 5.74) is 0.448. The molecule has 1 unspecified atom stereocenters. The first kappa shape index (κ1) is 16.3. The molecule has 1 saturated heterocycles. The van der Waals surface area contributed by atoms with Gasteiger partial charge in [0.05, 0.1) is 6.61 Å². The Morgan fingerprint density at radius 2 is 2.17 bits per heavy atom. The predicted molar refractivity (Wildman–Crippen MR) is 84.7 cm³/mol. The molecule has 0 aromatic rings. The van der Waals surface area contributed by atoms with Gasteiger partial charge in [-0.25, -0.2) is 0 Å². The average Bonchev–Trinajstić information content (AvgIpc) is 2.29. The third kappa shape index (κ3) is 6.98. The summed E-state index contributed by atoms with van der Waals surface area (Å²) in [6.07, 6.45) is 10.5. The Labute approximate surface area is 126 Å². The Morgan fingerprint density at radius 3 is 2.78 bits per heavy atom. The fourth-order valence-electron chi connectivity index (χ4n) is 2.36. The van der Waals surface area contributed by atoms with Gasteiger partial charge in [-0.05, 0) is 66.2 Å². The second-order valence-electron chi connectivity index (χ2n) is 5.88. The van der Waals surface area contributed by atoms with Crippen molar-refractivity contribution in [1.82, 2.24) is 0 Å². The van der Waals surface area contributed by atoms with Crippen LogP contribution in [0.15, 0.2) is 9.84 Å². The van der Waals surface area contributed by atoms with E-state index in [4.69, 9.17) is 9.47 Å². The number of ether oxygens (including phenoxy) is 2. The lowest BCUT2D eigenvalue weighted by Crippen LogP contribution is -2.21. The largest absolute Gasteiger partial charge is 0.459 e. The van der Waals surface area contributed by atoms with E-state index >= 15 is 0 Å². The van der Waals surface area contributed by atoms with Crippen molar-refractivity contribution in [2.45, 2.75) is 72.0 Å². The van der Waals surface area contributed by atoms with Crippen molar-refractivity contribution in [3.05, 3.63) is 9.84 Å². The minimum Gasteiger partial charge on any atom is -0.459 e. The molecule has 2 nitrogen and oxygen atoms in total. The Kier molecular flexibility index (Phi) is 7.61. The van der Waals surface area contributed by atoms with Gasteiger partial charge in [0.15, 0.2) is 10.1 Å². The molecule has 1 fully saturated rings. The molecule has 1 atom stereocenters. The number of hydrogen-bond acceptors (Lipinski definition) is 2. The fraction of sp³-hybridized carbons (Fsp3) is 0.867. The summed E-state index contributed by atoms with van der Waals surface area (Å²) in [6.45, 7) is 7.80. The molecule has 106 valence electrons. The van der Waals surface area contributed by atoms with Gasteiger partial charge in [0, 0.05) is 6.42 Å². The number of allylic oxidation sites excluding steroid dienone is 1. The molecule has 1 heterocycles. The Bertz CT molecular complexity index is 255. The van der Waals surface area contributed by atoms with E-state index in [-0.39, 0.29) is 6.29 Å². The third-order valence-corrected chi connectivity index (χ3v) is 4.13. The average molecular weight is 366 g/mol. The van der Waals surface area contributed by atoms with E-state index in [1.54, 1.807) is 0 Å². The zero-order valence-corrected chi connectivity index (χ0v) is 14.2. The van der Waals surface area contributed by atoms with E-state index < -0.39 is 0 Å². The van der Waals surface area contributed by atoms with Crippen molar-refractivity contribution >= 4 is 22.6 Å². The van der Waals surface area contributed by atoms with E-state index in [1.165, 1.54) is 32.1 Å². The first-order chi connectivity index (χ1) is 8.53. The lowest BCUT2D eigenvalue weighted by atomic mass is 9.83. The van der Waals surface area contributed by atoms with Gasteiger partial charge in [0.1, 0.15) is 0 Å². The van der Waals surface area contributed by atoms with Gasteiger partial charge in [-0.15, -0.1) is 0 Å². The van der Waals surface area contributed by atoms with Gasteiger partial charge in [-0.2, -0.15) is 0 Å². The van der Waals surface area contributed by atoms with Crippen LogP contribution in [0.4, 0.5) is 0 Å². The Balaban J connectivity index is 2.24. The predicted octanol–water partition coefficient (Wildman–Crippen LogP) is 5.41. The SMILES string of the molecule is CCCC(C)(C)CCC=C(I)OC1CCCCO1. The van der Waals surface area contributed by atoms with Gasteiger partial charge in [-0.1, -0.05) is 27.2 Å². The minimum absolute atomic E-state index is 0.00875. The van der Waals surface area contributed by atoms with Gasteiger partial charge in [-0.3, -0.25) is 0 Å². The molecule has 0 N–H and O–H groups in total. The molecule has 0 saturated carbocycles. The fourth-order valence-corrected chi connectivity index (χ4v) is 2.95. The number of hydrogen-bond donors (Lipinski definition) is 0. The van der Waals surface area contributed by atoms with Crippen molar-refractivity contribution < 1.29 is 9.47 Å². The van der Waals surface area contributed by atoms with Crippen LogP contribution in [0.5, 0.6) is 0 Å². The Morgan fingerprint density at radius 1 is 1.39 bits per heavy atom. The summed E-state index contributed by atoms with van der Waals surface area (Å²) in [4.78, 5) is 0. The summed E-state index contributed by atoms with van der Waals surface area (Å²) in [5.74, 6) is 0. The highest BCUT2D eigenvalue weighted by molar-refractivity contribution is 14.1. The highest BCUT2D eigenvalue weighted by Crippen LogP contribution is 2.29. The summed E-state index contributed by atoms with van der Waals surface area (Å²) in [6, 6.07) is 0. The van der Waals surface area contributed by atoms with Gasteiger partial charge in [0.2, 0.25) is 0 Å². The van der Waals surface area contributed by atoms with Crippen LogP contribution in [0.25, 0.3) is 0 Å². The molecule has 0 amide bonds. The second kappa shape index (κ2) is 8.41.